The number of nitrogens with zero attached hydrogens (tertiary/aromatic N) is 2. The Labute approximate surface area is 274 Å². The van der Waals surface area contributed by atoms with E-state index in [1.54, 1.807) is 30.3 Å². The average Bonchev–Trinajstić information content (AvgIpc) is 3.05. The molecule has 46 heavy (non-hydrogen) atoms. The van der Waals surface area contributed by atoms with Crippen molar-refractivity contribution in [1.82, 2.24) is 10.2 Å². The maximum Gasteiger partial charge on any atom is 0.264 e. The third-order valence-electron chi connectivity index (χ3n) is 7.85. The highest BCUT2D eigenvalue weighted by Gasteiger charge is 2.34. The van der Waals surface area contributed by atoms with Crippen LogP contribution in [0.4, 0.5) is 5.69 Å². The van der Waals surface area contributed by atoms with Crippen LogP contribution in [0.25, 0.3) is 0 Å². The maximum atomic E-state index is 14.6. The van der Waals surface area contributed by atoms with Crippen molar-refractivity contribution in [3.63, 3.8) is 0 Å². The fraction of sp³-hybridized carbons (Fsp3) is 0.316. The summed E-state index contributed by atoms with van der Waals surface area (Å²) in [6, 6.07) is 31.9. The number of amides is 2. The van der Waals surface area contributed by atoms with E-state index in [1.165, 1.54) is 17.0 Å². The van der Waals surface area contributed by atoms with Gasteiger partial charge in [0.15, 0.2) is 0 Å². The molecule has 1 atom stereocenters. The number of hydrogen-bond acceptors (Lipinski definition) is 4. The van der Waals surface area contributed by atoms with Gasteiger partial charge in [0.2, 0.25) is 11.8 Å². The second-order valence-electron chi connectivity index (χ2n) is 12.4. The number of aryl methyl sites for hydroxylation is 1. The number of carbonyl (C=O) groups is 2. The molecule has 1 unspecified atom stereocenters. The Kier molecular flexibility index (Phi) is 11.8. The van der Waals surface area contributed by atoms with E-state index in [0.717, 1.165) is 26.6 Å². The van der Waals surface area contributed by atoms with Crippen molar-refractivity contribution in [2.24, 2.45) is 5.92 Å². The molecule has 1 N–H and O–H groups in total. The lowest BCUT2D eigenvalue weighted by molar-refractivity contribution is -0.140. The molecular formula is C38H45N3O4S. The maximum absolute atomic E-state index is 14.6. The molecule has 0 bridgehead atoms. The Morgan fingerprint density at radius 2 is 1.37 bits per heavy atom. The Bertz CT molecular complexity index is 1690. The third-order valence-corrected chi connectivity index (χ3v) is 9.64. The summed E-state index contributed by atoms with van der Waals surface area (Å²) in [7, 11) is -4.14. The van der Waals surface area contributed by atoms with E-state index >= 15 is 0 Å². The lowest BCUT2D eigenvalue weighted by atomic mass is 10.0. The molecule has 0 aliphatic carbocycles. The fourth-order valence-electron chi connectivity index (χ4n) is 5.26. The number of carbonyl (C=O) groups excluding carboxylic acids is 2. The van der Waals surface area contributed by atoms with E-state index in [2.05, 4.69) is 19.2 Å². The normalized spacial score (nSPS) is 12.2. The van der Waals surface area contributed by atoms with Crippen LogP contribution in [0.3, 0.4) is 0 Å². The first kappa shape index (κ1) is 34.4. The van der Waals surface area contributed by atoms with Crippen molar-refractivity contribution < 1.29 is 18.0 Å². The van der Waals surface area contributed by atoms with Gasteiger partial charge in [0.1, 0.15) is 12.6 Å². The van der Waals surface area contributed by atoms with E-state index in [9.17, 15) is 18.0 Å². The first-order valence-corrected chi connectivity index (χ1v) is 17.2. The van der Waals surface area contributed by atoms with Crippen molar-refractivity contribution in [2.75, 3.05) is 17.4 Å². The standard InChI is InChI=1S/C38H45N3O4S/c1-28(2)25-39-38(43)36(24-31-14-8-6-9-15-31)40(26-32-16-12-13-30(5)23-32)37(42)27-41(34-21-19-33(20-22-34)29(3)4)46(44,45)35-17-10-7-11-18-35/h6-23,28-29,36H,24-27H2,1-5H3,(H,39,43). The van der Waals surface area contributed by atoms with Crippen molar-refractivity contribution in [3.8, 4) is 0 Å². The molecule has 0 aliphatic heterocycles. The number of sulfonamides is 1. The first-order valence-electron chi connectivity index (χ1n) is 15.8. The zero-order valence-electron chi connectivity index (χ0n) is 27.4. The quantitative estimate of drug-likeness (QED) is 0.166. The van der Waals surface area contributed by atoms with Crippen LogP contribution in [0.2, 0.25) is 0 Å². The predicted molar refractivity (Wildman–Crippen MR) is 185 cm³/mol. The summed E-state index contributed by atoms with van der Waals surface area (Å²) in [5.41, 5.74) is 4.19. The smallest absolute Gasteiger partial charge is 0.264 e. The topological polar surface area (TPSA) is 86.8 Å². The highest BCUT2D eigenvalue weighted by molar-refractivity contribution is 7.92. The van der Waals surface area contributed by atoms with Gasteiger partial charge >= 0.3 is 0 Å². The van der Waals surface area contributed by atoms with Gasteiger partial charge in [-0.25, -0.2) is 8.42 Å². The molecule has 242 valence electrons. The molecule has 4 aromatic rings. The largest absolute Gasteiger partial charge is 0.354 e. The molecule has 0 aliphatic rings. The Morgan fingerprint density at radius 1 is 0.761 bits per heavy atom. The first-order chi connectivity index (χ1) is 22.0. The summed E-state index contributed by atoms with van der Waals surface area (Å²) in [6.45, 7) is 10.2. The molecule has 8 heteroatoms. The number of anilines is 1. The molecule has 2 amide bonds. The lowest BCUT2D eigenvalue weighted by Crippen LogP contribution is -2.53. The minimum Gasteiger partial charge on any atom is -0.354 e. The summed E-state index contributed by atoms with van der Waals surface area (Å²) >= 11 is 0. The molecule has 0 radical (unpaired) electrons. The van der Waals surface area contributed by atoms with Crippen molar-refractivity contribution in [1.29, 1.82) is 0 Å². The van der Waals surface area contributed by atoms with Gasteiger partial charge in [-0.05, 0) is 59.7 Å². The predicted octanol–water partition coefficient (Wildman–Crippen LogP) is 6.73. The van der Waals surface area contributed by atoms with Gasteiger partial charge in [0, 0.05) is 19.5 Å². The van der Waals surface area contributed by atoms with Crippen LogP contribution in [-0.2, 0) is 32.6 Å². The second-order valence-corrected chi connectivity index (χ2v) is 14.3. The Hall–Kier alpha value is -4.43. The van der Waals surface area contributed by atoms with Gasteiger partial charge in [0.25, 0.3) is 10.0 Å². The molecule has 4 aromatic carbocycles. The Morgan fingerprint density at radius 3 is 1.96 bits per heavy atom. The van der Waals surface area contributed by atoms with Crippen molar-refractivity contribution >= 4 is 27.5 Å². The fourth-order valence-corrected chi connectivity index (χ4v) is 6.69. The van der Waals surface area contributed by atoms with Crippen LogP contribution in [0.5, 0.6) is 0 Å². The summed E-state index contributed by atoms with van der Waals surface area (Å²) in [4.78, 5) is 30.1. The van der Waals surface area contributed by atoms with Gasteiger partial charge < -0.3 is 10.2 Å². The van der Waals surface area contributed by atoms with Crippen LogP contribution in [0.15, 0.2) is 114 Å². The van der Waals surface area contributed by atoms with Crippen LogP contribution < -0.4 is 9.62 Å². The number of benzene rings is 4. The van der Waals surface area contributed by atoms with E-state index in [1.807, 2.05) is 87.5 Å². The van der Waals surface area contributed by atoms with Crippen LogP contribution in [0.1, 0.15) is 55.9 Å². The Balaban J connectivity index is 1.80. The van der Waals surface area contributed by atoms with Gasteiger partial charge in [-0.2, -0.15) is 0 Å². The van der Waals surface area contributed by atoms with Crippen LogP contribution >= 0.6 is 0 Å². The minimum atomic E-state index is -4.14. The molecule has 7 nitrogen and oxygen atoms in total. The molecule has 0 aromatic heterocycles. The van der Waals surface area contributed by atoms with Gasteiger partial charge in [-0.15, -0.1) is 0 Å². The van der Waals surface area contributed by atoms with Gasteiger partial charge in [-0.1, -0.05) is 118 Å². The second kappa shape index (κ2) is 15.7. The lowest BCUT2D eigenvalue weighted by Gasteiger charge is -2.34. The van der Waals surface area contributed by atoms with E-state index < -0.39 is 28.5 Å². The van der Waals surface area contributed by atoms with Gasteiger partial charge in [0.05, 0.1) is 10.6 Å². The monoisotopic (exact) mass is 639 g/mol. The molecular weight excluding hydrogens is 595 g/mol. The summed E-state index contributed by atoms with van der Waals surface area (Å²) in [5, 5.41) is 3.03. The summed E-state index contributed by atoms with van der Waals surface area (Å²) in [5.74, 6) is -0.294. The third kappa shape index (κ3) is 9.07. The number of rotatable bonds is 14. The minimum absolute atomic E-state index is 0.0801. The molecule has 0 saturated carbocycles. The number of nitrogens with one attached hydrogen (secondary N) is 1. The van der Waals surface area contributed by atoms with Crippen LogP contribution in [0, 0.1) is 12.8 Å². The van der Waals surface area contributed by atoms with Crippen molar-refractivity contribution in [2.45, 2.75) is 64.4 Å². The van der Waals surface area contributed by atoms with E-state index in [4.69, 9.17) is 0 Å². The molecule has 4 rings (SSSR count). The summed E-state index contributed by atoms with van der Waals surface area (Å²) < 4.78 is 29.5. The highest BCUT2D eigenvalue weighted by Crippen LogP contribution is 2.27. The molecule has 0 fully saturated rings. The molecule has 0 heterocycles. The highest BCUT2D eigenvalue weighted by atomic mass is 32.2. The average molecular weight is 640 g/mol. The van der Waals surface area contributed by atoms with Crippen LogP contribution in [-0.4, -0.2) is 44.3 Å². The summed E-state index contributed by atoms with van der Waals surface area (Å²) in [6.07, 6.45) is 0.275. The van der Waals surface area contributed by atoms with Gasteiger partial charge in [-0.3, -0.25) is 13.9 Å². The number of hydrogen-bond donors (Lipinski definition) is 1. The zero-order valence-corrected chi connectivity index (χ0v) is 28.2. The van der Waals surface area contributed by atoms with E-state index in [0.29, 0.717) is 12.2 Å². The van der Waals surface area contributed by atoms with Crippen molar-refractivity contribution in [3.05, 3.63) is 131 Å². The SMILES string of the molecule is Cc1cccc(CN(C(=O)CN(c2ccc(C(C)C)cc2)S(=O)(=O)c2ccccc2)C(Cc2ccccc2)C(=O)NCC(C)C)c1. The molecule has 0 spiro atoms. The zero-order chi connectivity index (χ0) is 33.3. The van der Waals surface area contributed by atoms with E-state index in [-0.39, 0.29) is 35.6 Å². The molecule has 0 saturated heterocycles.